The molecule has 0 unspecified atom stereocenters. The molecule has 0 radical (unpaired) electrons. The lowest BCUT2D eigenvalue weighted by atomic mass is 10.7. The molecular formula is C28H54O17. The van der Waals surface area contributed by atoms with E-state index in [2.05, 4.69) is 42.6 Å². The maximum Gasteiger partial charge on any atom is 0.344 e. The number of carbonyl (C=O) groups is 7. The molecule has 17 nitrogen and oxygen atoms in total. The van der Waals surface area contributed by atoms with Crippen LogP contribution < -0.4 is 0 Å². The molecule has 0 bridgehead atoms. The Morgan fingerprint density at radius 2 is 0.778 bits per heavy atom. The second-order valence-electron chi connectivity index (χ2n) is 6.94. The second-order valence-corrected chi connectivity index (χ2v) is 6.94. The summed E-state index contributed by atoms with van der Waals surface area (Å²) in [4.78, 5) is 70.6. The Balaban J connectivity index is -0.000000104. The first-order valence-electron chi connectivity index (χ1n) is 13.6. The summed E-state index contributed by atoms with van der Waals surface area (Å²) in [5.74, 6) is -2.69. The third-order valence-electron chi connectivity index (χ3n) is 2.98. The van der Waals surface area contributed by atoms with Crippen molar-refractivity contribution in [3.63, 3.8) is 0 Å². The summed E-state index contributed by atoms with van der Waals surface area (Å²) in [6.45, 7) is 18.1. The zero-order chi connectivity index (χ0) is 36.5. The van der Waals surface area contributed by atoms with Gasteiger partial charge in [-0.05, 0) is 34.6 Å². The predicted octanol–water partition coefficient (Wildman–Crippen LogP) is 2.14. The van der Waals surface area contributed by atoms with Gasteiger partial charge < -0.3 is 47.4 Å². The molecule has 0 atom stereocenters. The predicted molar refractivity (Wildman–Crippen MR) is 158 cm³/mol. The van der Waals surface area contributed by atoms with Gasteiger partial charge in [-0.1, -0.05) is 0 Å². The minimum Gasteiger partial charge on any atom is -0.467 e. The molecule has 0 aliphatic carbocycles. The number of methoxy groups -OCH3 is 2. The molecule has 0 saturated heterocycles. The summed E-state index contributed by atoms with van der Waals surface area (Å²) < 4.78 is 44.4. The van der Waals surface area contributed by atoms with Crippen molar-refractivity contribution >= 4 is 41.8 Å². The van der Waals surface area contributed by atoms with E-state index in [1.54, 1.807) is 20.8 Å². The van der Waals surface area contributed by atoms with Crippen molar-refractivity contribution in [1.29, 1.82) is 0 Å². The normalized spacial score (nSPS) is 8.36. The van der Waals surface area contributed by atoms with Crippen LogP contribution in [-0.4, -0.2) is 116 Å². The van der Waals surface area contributed by atoms with Gasteiger partial charge in [-0.25, -0.2) is 9.59 Å². The summed E-state index contributed by atoms with van der Waals surface area (Å²) in [5.41, 5.74) is 0. The van der Waals surface area contributed by atoms with Crippen molar-refractivity contribution in [2.75, 3.05) is 74.1 Å². The van der Waals surface area contributed by atoms with Crippen molar-refractivity contribution in [1.82, 2.24) is 0 Å². The molecule has 17 heteroatoms. The average molecular weight is 663 g/mol. The lowest BCUT2D eigenvalue weighted by Gasteiger charge is -2.01. The number of hydrogen-bond acceptors (Lipinski definition) is 17. The van der Waals surface area contributed by atoms with Crippen LogP contribution in [0.25, 0.3) is 0 Å². The molecule has 0 rings (SSSR count). The average Bonchev–Trinajstić information content (AvgIpc) is 2.95. The molecule has 0 fully saturated rings. The van der Waals surface area contributed by atoms with Crippen LogP contribution in [0.4, 0.5) is 0 Å². The molecule has 0 aromatic carbocycles. The Morgan fingerprint density at radius 3 is 1.00 bits per heavy atom. The number of esters is 7. The third kappa shape index (κ3) is 92.4. The topological polar surface area (TPSA) is 212 Å². The van der Waals surface area contributed by atoms with E-state index in [1.165, 1.54) is 48.8 Å². The Morgan fingerprint density at radius 1 is 0.400 bits per heavy atom. The molecule has 45 heavy (non-hydrogen) atoms. The quantitative estimate of drug-likeness (QED) is 0.120. The monoisotopic (exact) mass is 662 g/mol. The van der Waals surface area contributed by atoms with E-state index in [-0.39, 0.29) is 44.7 Å². The summed E-state index contributed by atoms with van der Waals surface area (Å²) in [6.07, 6.45) is 0. The lowest BCUT2D eigenvalue weighted by molar-refractivity contribution is -0.162. The molecule has 0 aliphatic heterocycles. The standard InChI is InChI=1S/C6H10O5.C6H10O4.C4H8O3.2C4H8O2.C4H10O/c1-5(7)11-4-10-3-6(8)9-2;1-3-9-6(8)4-10-5(2)7;1-4(5)7-3-6-2;2*1-3-6-4(2)5;1-3-5-4-2/h3-4H2,1-2H3;3-4H2,1-2H3;3H2,1-2H3;2*3H2,1-2H3;3-4H2,1-2H3. The maximum atomic E-state index is 10.4. The van der Waals surface area contributed by atoms with Gasteiger partial charge in [0.05, 0.1) is 26.9 Å². The highest BCUT2D eigenvalue weighted by molar-refractivity contribution is 5.75. The molecular weight excluding hydrogens is 608 g/mol. The molecule has 0 amide bonds. The van der Waals surface area contributed by atoms with Gasteiger partial charge in [-0.15, -0.1) is 0 Å². The van der Waals surface area contributed by atoms with Crippen LogP contribution in [0.5, 0.6) is 0 Å². The summed E-state index contributed by atoms with van der Waals surface area (Å²) >= 11 is 0. The first-order chi connectivity index (χ1) is 21.1. The fraction of sp³-hybridized carbons (Fsp3) is 0.750. The van der Waals surface area contributed by atoms with E-state index in [1.807, 2.05) is 13.8 Å². The van der Waals surface area contributed by atoms with E-state index in [4.69, 9.17) is 4.74 Å². The Hall–Kier alpha value is -3.83. The highest BCUT2D eigenvalue weighted by Gasteiger charge is 2.02. The van der Waals surface area contributed by atoms with Crippen LogP contribution in [0, 0.1) is 0 Å². The van der Waals surface area contributed by atoms with E-state index in [0.717, 1.165) is 13.2 Å². The minimum absolute atomic E-state index is 0.0509. The van der Waals surface area contributed by atoms with Crippen molar-refractivity contribution in [3.05, 3.63) is 0 Å². The SMILES string of the molecule is CCOC(=O)COC(C)=O.CCOC(C)=O.CCOC(C)=O.CCOCC.COC(=O)COCOC(C)=O.COCOC(C)=O. The zero-order valence-electron chi connectivity index (χ0n) is 28.8. The van der Waals surface area contributed by atoms with Crippen molar-refractivity contribution in [3.8, 4) is 0 Å². The first-order valence-corrected chi connectivity index (χ1v) is 13.6. The molecule has 0 heterocycles. The van der Waals surface area contributed by atoms with Crippen molar-refractivity contribution in [2.45, 2.75) is 69.2 Å². The molecule has 0 aliphatic rings. The van der Waals surface area contributed by atoms with E-state index in [9.17, 15) is 33.6 Å². The first kappa shape index (κ1) is 53.7. The largest absolute Gasteiger partial charge is 0.467 e. The van der Waals surface area contributed by atoms with Gasteiger partial charge in [0.15, 0.2) is 20.2 Å². The Labute approximate surface area is 266 Å². The highest BCUT2D eigenvalue weighted by Crippen LogP contribution is 1.82. The Bertz CT molecular complexity index is 721. The molecule has 268 valence electrons. The maximum absolute atomic E-state index is 10.4. The van der Waals surface area contributed by atoms with Gasteiger partial charge in [0.1, 0.15) is 6.61 Å². The van der Waals surface area contributed by atoms with Gasteiger partial charge in [0.25, 0.3) is 0 Å². The van der Waals surface area contributed by atoms with Gasteiger partial charge in [-0.3, -0.25) is 24.0 Å². The van der Waals surface area contributed by atoms with Crippen LogP contribution in [0.15, 0.2) is 0 Å². The highest BCUT2D eigenvalue weighted by atomic mass is 16.7. The fourth-order valence-corrected chi connectivity index (χ4v) is 1.42. The van der Waals surface area contributed by atoms with E-state index >= 15 is 0 Å². The molecule has 0 aromatic heterocycles. The smallest absolute Gasteiger partial charge is 0.344 e. The van der Waals surface area contributed by atoms with Crippen molar-refractivity contribution in [2.24, 2.45) is 0 Å². The number of ether oxygens (including phenoxy) is 10. The lowest BCUT2D eigenvalue weighted by Crippen LogP contribution is -2.14. The van der Waals surface area contributed by atoms with Gasteiger partial charge in [-0.2, -0.15) is 0 Å². The number of rotatable bonds is 13. The minimum atomic E-state index is -0.516. The van der Waals surface area contributed by atoms with Gasteiger partial charge >= 0.3 is 41.8 Å². The Kier molecular flexibility index (Phi) is 56.2. The van der Waals surface area contributed by atoms with Crippen LogP contribution in [0.2, 0.25) is 0 Å². The summed E-state index contributed by atoms with van der Waals surface area (Å²) in [6, 6.07) is 0. The second kappa shape index (κ2) is 47.1. The van der Waals surface area contributed by atoms with Gasteiger partial charge in [0, 0.05) is 54.9 Å². The van der Waals surface area contributed by atoms with Crippen LogP contribution in [0.3, 0.4) is 0 Å². The van der Waals surface area contributed by atoms with E-state index in [0.29, 0.717) is 19.8 Å². The molecule has 0 N–H and O–H groups in total. The number of hydrogen-bond donors (Lipinski definition) is 0. The van der Waals surface area contributed by atoms with Crippen LogP contribution >= 0.6 is 0 Å². The fourth-order valence-electron chi connectivity index (χ4n) is 1.42. The van der Waals surface area contributed by atoms with Crippen LogP contribution in [0.1, 0.15) is 69.2 Å². The van der Waals surface area contributed by atoms with Crippen LogP contribution in [-0.2, 0) is 80.9 Å². The molecule has 0 spiro atoms. The third-order valence-corrected chi connectivity index (χ3v) is 2.98. The number of carbonyl (C=O) groups excluding carboxylic acids is 7. The van der Waals surface area contributed by atoms with Crippen molar-refractivity contribution < 1.29 is 80.9 Å². The van der Waals surface area contributed by atoms with E-state index < -0.39 is 23.9 Å². The van der Waals surface area contributed by atoms with Gasteiger partial charge in [0.2, 0.25) is 0 Å². The summed E-state index contributed by atoms with van der Waals surface area (Å²) in [5, 5.41) is 0. The summed E-state index contributed by atoms with van der Waals surface area (Å²) in [7, 11) is 2.71. The molecule has 0 aromatic rings. The molecule has 0 saturated carbocycles. The zero-order valence-corrected chi connectivity index (χ0v) is 28.8.